The number of halogens is 5. The molecule has 1 aromatic heterocycles. The highest BCUT2D eigenvalue weighted by atomic mass is 19.4. The van der Waals surface area contributed by atoms with Gasteiger partial charge in [-0.3, -0.25) is 4.98 Å². The SMILES string of the molecule is CC1(C)COC2(CCC3=C4[C@@H](CC[C@@]3(O)C2)[C@@H]2CC[C@@](O)(C(F)(F)C(F)(F)F)[C@@]2(C)C[C@@H]4c2cccc(/C=C/c3cccnc3)c2)OC1. The van der Waals surface area contributed by atoms with Gasteiger partial charge in [0.2, 0.25) is 0 Å². The van der Waals surface area contributed by atoms with Crippen molar-refractivity contribution in [2.45, 2.75) is 107 Å². The molecule has 10 heteroatoms. The van der Waals surface area contributed by atoms with E-state index in [1.165, 1.54) is 6.92 Å². The number of ether oxygens (including phenoxy) is 2. The summed E-state index contributed by atoms with van der Waals surface area (Å²) in [5.74, 6) is -7.77. The molecule has 0 amide bonds. The number of hydrogen-bond acceptors (Lipinski definition) is 5. The Kier molecular flexibility index (Phi) is 7.87. The molecule has 1 saturated heterocycles. The predicted molar refractivity (Wildman–Crippen MR) is 171 cm³/mol. The summed E-state index contributed by atoms with van der Waals surface area (Å²) >= 11 is 0. The molecule has 1 aromatic carbocycles. The average Bonchev–Trinajstić information content (AvgIpc) is 3.32. The number of benzene rings is 1. The van der Waals surface area contributed by atoms with Gasteiger partial charge in [-0.05, 0) is 78.7 Å². The summed E-state index contributed by atoms with van der Waals surface area (Å²) in [6.07, 6.45) is 2.54. The minimum Gasteiger partial charge on any atom is -0.385 e. The number of alkyl halides is 5. The van der Waals surface area contributed by atoms with E-state index in [2.05, 4.69) is 18.8 Å². The van der Waals surface area contributed by atoms with E-state index in [9.17, 15) is 23.4 Å². The van der Waals surface area contributed by atoms with Gasteiger partial charge in [0.1, 0.15) is 5.60 Å². The lowest BCUT2D eigenvalue weighted by atomic mass is 9.49. The van der Waals surface area contributed by atoms with E-state index in [1.807, 2.05) is 48.6 Å². The fraction of sp³-hybridized carbons (Fsp3) is 0.605. The molecular weight excluding hydrogens is 629 g/mol. The Morgan fingerprint density at radius 2 is 1.60 bits per heavy atom. The van der Waals surface area contributed by atoms with Crippen LogP contribution >= 0.6 is 0 Å². The van der Waals surface area contributed by atoms with Gasteiger partial charge < -0.3 is 19.7 Å². The Bertz CT molecular complexity index is 1610. The molecule has 1 aliphatic heterocycles. The van der Waals surface area contributed by atoms with Crippen molar-refractivity contribution in [2.75, 3.05) is 13.2 Å². The lowest BCUT2D eigenvalue weighted by Crippen LogP contribution is -2.65. The molecule has 1 spiro atoms. The van der Waals surface area contributed by atoms with Crippen LogP contribution in [0.4, 0.5) is 22.0 Å². The van der Waals surface area contributed by atoms with E-state index in [0.717, 1.165) is 27.8 Å². The number of allylic oxidation sites excluding steroid dienone is 1. The first-order valence-electron chi connectivity index (χ1n) is 17.0. The van der Waals surface area contributed by atoms with E-state index in [4.69, 9.17) is 9.47 Å². The van der Waals surface area contributed by atoms with Crippen LogP contribution in [0.15, 0.2) is 59.9 Å². The molecule has 48 heavy (non-hydrogen) atoms. The largest absolute Gasteiger partial charge is 0.456 e. The lowest BCUT2D eigenvalue weighted by molar-refractivity contribution is -0.362. The van der Waals surface area contributed by atoms with Crippen LogP contribution < -0.4 is 0 Å². The van der Waals surface area contributed by atoms with Crippen LogP contribution in [-0.4, -0.2) is 57.5 Å². The molecular formula is C38H44F5NO4. The Morgan fingerprint density at radius 1 is 0.896 bits per heavy atom. The summed E-state index contributed by atoms with van der Waals surface area (Å²) in [6.45, 7) is 6.54. The molecule has 260 valence electrons. The van der Waals surface area contributed by atoms with Gasteiger partial charge in [-0.1, -0.05) is 68.8 Å². The zero-order chi connectivity index (χ0) is 34.4. The normalized spacial score (nSPS) is 36.2. The highest BCUT2D eigenvalue weighted by Crippen LogP contribution is 2.71. The Labute approximate surface area is 278 Å². The number of nitrogens with zero attached hydrogens (tertiary/aromatic N) is 1. The van der Waals surface area contributed by atoms with Gasteiger partial charge in [-0.15, -0.1) is 0 Å². The second-order valence-electron chi connectivity index (χ2n) is 16.0. The molecule has 7 rings (SSSR count). The van der Waals surface area contributed by atoms with Gasteiger partial charge in [0, 0.05) is 42.0 Å². The van der Waals surface area contributed by atoms with Crippen LogP contribution in [0, 0.1) is 22.7 Å². The highest BCUT2D eigenvalue weighted by molar-refractivity contribution is 5.69. The zero-order valence-corrected chi connectivity index (χ0v) is 27.6. The number of pyridine rings is 1. The van der Waals surface area contributed by atoms with Crippen molar-refractivity contribution in [3.63, 3.8) is 0 Å². The van der Waals surface area contributed by atoms with Crippen LogP contribution in [0.1, 0.15) is 94.7 Å². The third kappa shape index (κ3) is 5.19. The molecule has 6 atom stereocenters. The molecule has 5 nitrogen and oxygen atoms in total. The number of fused-ring (bicyclic) bond motifs is 4. The first kappa shape index (κ1) is 33.8. The highest BCUT2D eigenvalue weighted by Gasteiger charge is 2.79. The molecule has 0 unspecified atom stereocenters. The molecule has 2 aromatic rings. The second-order valence-corrected chi connectivity index (χ2v) is 16.0. The summed E-state index contributed by atoms with van der Waals surface area (Å²) in [7, 11) is 0. The number of aliphatic hydroxyl groups is 2. The maximum absolute atomic E-state index is 15.4. The van der Waals surface area contributed by atoms with Crippen molar-refractivity contribution in [3.05, 3.63) is 76.6 Å². The van der Waals surface area contributed by atoms with Crippen molar-refractivity contribution in [1.82, 2.24) is 4.98 Å². The fourth-order valence-corrected chi connectivity index (χ4v) is 9.85. The van der Waals surface area contributed by atoms with Crippen molar-refractivity contribution in [1.29, 1.82) is 0 Å². The van der Waals surface area contributed by atoms with Gasteiger partial charge in [0.25, 0.3) is 0 Å². The first-order valence-corrected chi connectivity index (χ1v) is 17.0. The van der Waals surface area contributed by atoms with Crippen molar-refractivity contribution in [3.8, 4) is 0 Å². The maximum Gasteiger partial charge on any atom is 0.456 e. The van der Waals surface area contributed by atoms with E-state index in [-0.39, 0.29) is 30.6 Å². The van der Waals surface area contributed by atoms with Crippen LogP contribution in [0.5, 0.6) is 0 Å². The van der Waals surface area contributed by atoms with Crippen LogP contribution in [0.2, 0.25) is 0 Å². The topological polar surface area (TPSA) is 71.8 Å². The first-order chi connectivity index (χ1) is 22.4. The third-order valence-electron chi connectivity index (χ3n) is 12.4. The van der Waals surface area contributed by atoms with E-state index < -0.39 is 52.8 Å². The van der Waals surface area contributed by atoms with Gasteiger partial charge in [0.15, 0.2) is 5.79 Å². The summed E-state index contributed by atoms with van der Waals surface area (Å²) in [5, 5.41) is 24.0. The smallest absolute Gasteiger partial charge is 0.385 e. The molecule has 2 heterocycles. The van der Waals surface area contributed by atoms with E-state index in [1.54, 1.807) is 12.4 Å². The summed E-state index contributed by atoms with van der Waals surface area (Å²) in [6, 6.07) is 11.3. The molecule has 0 bridgehead atoms. The summed E-state index contributed by atoms with van der Waals surface area (Å²) in [4.78, 5) is 4.14. The molecule has 2 N–H and O–H groups in total. The monoisotopic (exact) mass is 673 g/mol. The van der Waals surface area contributed by atoms with Crippen LogP contribution in [0.25, 0.3) is 12.2 Å². The number of hydrogen-bond donors (Lipinski definition) is 2. The molecule has 3 saturated carbocycles. The third-order valence-corrected chi connectivity index (χ3v) is 12.4. The number of rotatable bonds is 4. The Balaban J connectivity index is 1.33. The van der Waals surface area contributed by atoms with Crippen LogP contribution in [0.3, 0.4) is 0 Å². The fourth-order valence-electron chi connectivity index (χ4n) is 9.85. The quantitative estimate of drug-likeness (QED) is 0.252. The van der Waals surface area contributed by atoms with E-state index in [0.29, 0.717) is 38.9 Å². The minimum absolute atomic E-state index is 0.0460. The van der Waals surface area contributed by atoms with Crippen LogP contribution in [-0.2, 0) is 9.47 Å². The lowest BCUT2D eigenvalue weighted by Gasteiger charge is -2.59. The standard InChI is InChI=1S/C38H44F5NO4/c1-32(2)22-47-35(48-23-32)15-12-30-31-27(11-14-34(30,45)21-35)29-13-16-36(46,37(39,40)38(41,42)43)33(29,3)19-28(31)26-8-4-6-24(18-26)9-10-25-7-5-17-44-20-25/h4-10,17-18,20,27-29,45-46H,11-16,19,21-23H2,1-3H3/b10-9+/t27-,28+,29-,33-,34+,36-/m0/s1. The van der Waals surface area contributed by atoms with Crippen molar-refractivity contribution in [2.24, 2.45) is 22.7 Å². The molecule has 4 fully saturated rings. The predicted octanol–water partition coefficient (Wildman–Crippen LogP) is 8.48. The maximum atomic E-state index is 15.4. The van der Waals surface area contributed by atoms with Gasteiger partial charge >= 0.3 is 12.1 Å². The van der Waals surface area contributed by atoms with Crippen molar-refractivity contribution < 1.29 is 41.6 Å². The summed E-state index contributed by atoms with van der Waals surface area (Å²) < 4.78 is 85.5. The summed E-state index contributed by atoms with van der Waals surface area (Å²) in [5.41, 5.74) is -2.18. The minimum atomic E-state index is -5.90. The van der Waals surface area contributed by atoms with Gasteiger partial charge in [-0.25, -0.2) is 0 Å². The Hall–Kier alpha value is -2.66. The van der Waals surface area contributed by atoms with E-state index >= 15 is 8.78 Å². The zero-order valence-electron chi connectivity index (χ0n) is 27.6. The second kappa shape index (κ2) is 11.2. The molecule has 0 radical (unpaired) electrons. The van der Waals surface area contributed by atoms with Gasteiger partial charge in [0.05, 0.1) is 18.8 Å². The Morgan fingerprint density at radius 3 is 2.29 bits per heavy atom. The molecule has 5 aliphatic rings. The van der Waals surface area contributed by atoms with Gasteiger partial charge in [-0.2, -0.15) is 22.0 Å². The average molecular weight is 674 g/mol. The van der Waals surface area contributed by atoms with Crippen molar-refractivity contribution >= 4 is 12.2 Å². The molecule has 4 aliphatic carbocycles. The number of aromatic nitrogens is 1.